The van der Waals surface area contributed by atoms with E-state index in [4.69, 9.17) is 0 Å². The van der Waals surface area contributed by atoms with Crippen LogP contribution in [0.4, 0.5) is 0 Å². The minimum Gasteiger partial charge on any atom is -0.343 e. The highest BCUT2D eigenvalue weighted by Gasteiger charge is 2.05. The van der Waals surface area contributed by atoms with E-state index in [1.807, 2.05) is 12.4 Å². The van der Waals surface area contributed by atoms with Gasteiger partial charge in [-0.3, -0.25) is 4.98 Å². The van der Waals surface area contributed by atoms with E-state index in [2.05, 4.69) is 64.4 Å². The lowest BCUT2D eigenvalue weighted by atomic mass is 10.1. The van der Waals surface area contributed by atoms with Crippen molar-refractivity contribution < 1.29 is 0 Å². The number of pyridine rings is 1. The van der Waals surface area contributed by atoms with Gasteiger partial charge in [0.05, 0.1) is 0 Å². The number of hydrogen-bond donors (Lipinski definition) is 1. The fourth-order valence-electron chi connectivity index (χ4n) is 2.52. The molecule has 0 amide bonds. The standard InChI is InChI=1S/C17H19N3/c1-2-18-12-15-4-3-5-17-16(15)8-11-20(17)13-14-6-9-19-10-7-14/h3-11,18H,2,12-13H2,1H3. The normalized spacial score (nSPS) is 11.1. The van der Waals surface area contributed by atoms with Gasteiger partial charge < -0.3 is 9.88 Å². The average Bonchev–Trinajstić information content (AvgIpc) is 2.90. The molecule has 20 heavy (non-hydrogen) atoms. The number of nitrogens with one attached hydrogen (secondary N) is 1. The zero-order valence-electron chi connectivity index (χ0n) is 11.7. The lowest BCUT2D eigenvalue weighted by molar-refractivity contribution is 0.730. The first kappa shape index (κ1) is 12.9. The van der Waals surface area contributed by atoms with Crippen LogP contribution in [0.25, 0.3) is 10.9 Å². The molecule has 0 spiro atoms. The highest BCUT2D eigenvalue weighted by atomic mass is 15.0. The molecule has 0 aliphatic rings. The molecule has 1 N–H and O–H groups in total. The molecule has 1 aromatic carbocycles. The van der Waals surface area contributed by atoms with Crippen molar-refractivity contribution in [3.63, 3.8) is 0 Å². The summed E-state index contributed by atoms with van der Waals surface area (Å²) in [6, 6.07) is 12.9. The monoisotopic (exact) mass is 265 g/mol. The average molecular weight is 265 g/mol. The summed E-state index contributed by atoms with van der Waals surface area (Å²) in [5.41, 5.74) is 3.92. The molecule has 0 radical (unpaired) electrons. The van der Waals surface area contributed by atoms with Crippen LogP contribution in [-0.4, -0.2) is 16.1 Å². The van der Waals surface area contributed by atoms with Crippen LogP contribution in [0.15, 0.2) is 55.0 Å². The Hall–Kier alpha value is -2.13. The van der Waals surface area contributed by atoms with Crippen molar-refractivity contribution >= 4 is 10.9 Å². The van der Waals surface area contributed by atoms with Gasteiger partial charge in [0.2, 0.25) is 0 Å². The van der Waals surface area contributed by atoms with Crippen LogP contribution in [0.1, 0.15) is 18.1 Å². The third-order valence-corrected chi connectivity index (χ3v) is 3.57. The first-order chi connectivity index (χ1) is 9.88. The molecule has 0 aliphatic carbocycles. The number of aromatic nitrogens is 2. The predicted octanol–water partition coefficient (Wildman–Crippen LogP) is 3.19. The van der Waals surface area contributed by atoms with Crippen molar-refractivity contribution in [2.75, 3.05) is 6.54 Å². The van der Waals surface area contributed by atoms with Crippen LogP contribution in [0, 0.1) is 0 Å². The molecule has 0 atom stereocenters. The summed E-state index contributed by atoms with van der Waals surface area (Å²) in [5.74, 6) is 0. The Morgan fingerprint density at radius 1 is 1.10 bits per heavy atom. The lowest BCUT2D eigenvalue weighted by Crippen LogP contribution is -2.11. The van der Waals surface area contributed by atoms with Gasteiger partial charge in [-0.1, -0.05) is 19.1 Å². The summed E-state index contributed by atoms with van der Waals surface area (Å²) in [5, 5.41) is 4.73. The van der Waals surface area contributed by atoms with Crippen LogP contribution >= 0.6 is 0 Å². The lowest BCUT2D eigenvalue weighted by Gasteiger charge is -2.08. The van der Waals surface area contributed by atoms with E-state index in [-0.39, 0.29) is 0 Å². The molecule has 0 bridgehead atoms. The molecular weight excluding hydrogens is 246 g/mol. The molecule has 0 unspecified atom stereocenters. The Morgan fingerprint density at radius 3 is 2.75 bits per heavy atom. The zero-order valence-corrected chi connectivity index (χ0v) is 11.7. The smallest absolute Gasteiger partial charge is 0.0486 e. The minimum atomic E-state index is 0.886. The summed E-state index contributed by atoms with van der Waals surface area (Å²) in [4.78, 5) is 4.07. The zero-order chi connectivity index (χ0) is 13.8. The van der Waals surface area contributed by atoms with Crippen molar-refractivity contribution in [2.45, 2.75) is 20.0 Å². The number of benzene rings is 1. The SMILES string of the molecule is CCNCc1cccc2c1ccn2Cc1ccncc1. The fourth-order valence-corrected chi connectivity index (χ4v) is 2.52. The molecule has 0 saturated carbocycles. The van der Waals surface area contributed by atoms with Gasteiger partial charge in [-0.05, 0) is 41.9 Å². The van der Waals surface area contributed by atoms with E-state index >= 15 is 0 Å². The highest BCUT2D eigenvalue weighted by Crippen LogP contribution is 2.21. The topological polar surface area (TPSA) is 29.9 Å². The van der Waals surface area contributed by atoms with Gasteiger partial charge in [0, 0.05) is 42.6 Å². The van der Waals surface area contributed by atoms with Gasteiger partial charge in [0.15, 0.2) is 0 Å². The third kappa shape index (κ3) is 2.58. The molecule has 0 saturated heterocycles. The van der Waals surface area contributed by atoms with Gasteiger partial charge in [-0.2, -0.15) is 0 Å². The minimum absolute atomic E-state index is 0.886. The molecular formula is C17H19N3. The predicted molar refractivity (Wildman–Crippen MR) is 82.7 cm³/mol. The first-order valence-electron chi connectivity index (χ1n) is 7.05. The number of rotatable bonds is 5. The van der Waals surface area contributed by atoms with Crippen LogP contribution in [0.2, 0.25) is 0 Å². The van der Waals surface area contributed by atoms with E-state index < -0.39 is 0 Å². The second-order valence-corrected chi connectivity index (χ2v) is 4.93. The van der Waals surface area contributed by atoms with Crippen LogP contribution in [0.3, 0.4) is 0 Å². The van der Waals surface area contributed by atoms with Crippen molar-refractivity contribution in [2.24, 2.45) is 0 Å². The molecule has 3 rings (SSSR count). The summed E-state index contributed by atoms with van der Waals surface area (Å²) < 4.78 is 2.29. The van der Waals surface area contributed by atoms with E-state index in [0.717, 1.165) is 19.6 Å². The maximum absolute atomic E-state index is 4.07. The molecule has 0 fully saturated rings. The quantitative estimate of drug-likeness (QED) is 0.768. The van der Waals surface area contributed by atoms with Crippen molar-refractivity contribution in [1.29, 1.82) is 0 Å². The van der Waals surface area contributed by atoms with Gasteiger partial charge in [-0.15, -0.1) is 0 Å². The van der Waals surface area contributed by atoms with Gasteiger partial charge in [0.1, 0.15) is 0 Å². The molecule has 3 aromatic rings. The first-order valence-corrected chi connectivity index (χ1v) is 7.05. The Labute approximate surface area is 119 Å². The summed E-state index contributed by atoms with van der Waals surface area (Å²) in [6.45, 7) is 4.94. The number of fused-ring (bicyclic) bond motifs is 1. The van der Waals surface area contributed by atoms with E-state index in [0.29, 0.717) is 0 Å². The number of nitrogens with zero attached hydrogens (tertiary/aromatic N) is 2. The molecule has 3 nitrogen and oxygen atoms in total. The van der Waals surface area contributed by atoms with E-state index in [9.17, 15) is 0 Å². The third-order valence-electron chi connectivity index (χ3n) is 3.57. The van der Waals surface area contributed by atoms with Crippen molar-refractivity contribution in [1.82, 2.24) is 14.9 Å². The molecule has 0 aliphatic heterocycles. The van der Waals surface area contributed by atoms with Crippen molar-refractivity contribution in [3.8, 4) is 0 Å². The van der Waals surface area contributed by atoms with Gasteiger partial charge in [0.25, 0.3) is 0 Å². The summed E-state index contributed by atoms with van der Waals surface area (Å²) in [6.07, 6.45) is 5.86. The maximum atomic E-state index is 4.07. The van der Waals surface area contributed by atoms with Crippen LogP contribution in [0.5, 0.6) is 0 Å². The Balaban J connectivity index is 1.93. The Bertz CT molecular complexity index is 686. The fraction of sp³-hybridized carbons (Fsp3) is 0.235. The summed E-state index contributed by atoms with van der Waals surface area (Å²) in [7, 11) is 0. The summed E-state index contributed by atoms with van der Waals surface area (Å²) >= 11 is 0. The van der Waals surface area contributed by atoms with Crippen LogP contribution in [-0.2, 0) is 13.1 Å². The highest BCUT2D eigenvalue weighted by molar-refractivity contribution is 5.83. The maximum Gasteiger partial charge on any atom is 0.0486 e. The molecule has 2 aromatic heterocycles. The Morgan fingerprint density at radius 2 is 1.95 bits per heavy atom. The van der Waals surface area contributed by atoms with Gasteiger partial charge >= 0.3 is 0 Å². The second kappa shape index (κ2) is 5.88. The largest absolute Gasteiger partial charge is 0.343 e. The number of hydrogen-bond acceptors (Lipinski definition) is 2. The van der Waals surface area contributed by atoms with Crippen LogP contribution < -0.4 is 5.32 Å². The van der Waals surface area contributed by atoms with E-state index in [1.54, 1.807) is 0 Å². The van der Waals surface area contributed by atoms with Gasteiger partial charge in [-0.25, -0.2) is 0 Å². The second-order valence-electron chi connectivity index (χ2n) is 4.93. The van der Waals surface area contributed by atoms with E-state index in [1.165, 1.54) is 22.0 Å². The molecule has 2 heterocycles. The van der Waals surface area contributed by atoms with Crippen molar-refractivity contribution in [3.05, 3.63) is 66.1 Å². The molecule has 102 valence electrons. The Kier molecular flexibility index (Phi) is 3.79. The molecule has 3 heteroatoms.